The van der Waals surface area contributed by atoms with E-state index in [0.29, 0.717) is 27.6 Å². The Kier molecular flexibility index (Phi) is 6.74. The first-order valence-electron chi connectivity index (χ1n) is 10.4. The van der Waals surface area contributed by atoms with E-state index in [1.54, 1.807) is 18.2 Å². The minimum Gasteiger partial charge on any atom is -0.312 e. The lowest BCUT2D eigenvalue weighted by atomic mass is 10.1. The molecule has 3 aromatic carbocycles. The van der Waals surface area contributed by atoms with E-state index in [4.69, 9.17) is 11.6 Å². The lowest BCUT2D eigenvalue weighted by Gasteiger charge is -2.08. The monoisotopic (exact) mass is 511 g/mol. The molecule has 9 heteroatoms. The molecular weight excluding hydrogens is 490 g/mol. The SMILES string of the molecule is C=CCn1c(=NC(=O)c2ccc(NS(=O)(=O)c3ccc(Cl)cc3)cc2)sc2c(C)cc(C)cc21. The molecule has 4 aromatic rings. The van der Waals surface area contributed by atoms with Gasteiger partial charge < -0.3 is 4.57 Å². The van der Waals surface area contributed by atoms with Crippen molar-refractivity contribution in [2.45, 2.75) is 25.3 Å². The predicted molar refractivity (Wildman–Crippen MR) is 138 cm³/mol. The van der Waals surface area contributed by atoms with Gasteiger partial charge in [-0.1, -0.05) is 35.1 Å². The molecule has 0 radical (unpaired) electrons. The zero-order valence-electron chi connectivity index (χ0n) is 18.6. The van der Waals surface area contributed by atoms with Crippen LogP contribution in [-0.2, 0) is 16.6 Å². The molecule has 0 fully saturated rings. The number of allylic oxidation sites excluding steroid dienone is 1. The Morgan fingerprint density at radius 3 is 2.44 bits per heavy atom. The fraction of sp³-hybridized carbons (Fsp3) is 0.120. The number of hydrogen-bond donors (Lipinski definition) is 1. The number of carbonyl (C=O) groups excluding carboxylic acids is 1. The van der Waals surface area contributed by atoms with Gasteiger partial charge in [0.2, 0.25) is 0 Å². The van der Waals surface area contributed by atoms with Crippen LogP contribution < -0.4 is 9.52 Å². The Morgan fingerprint density at radius 1 is 1.12 bits per heavy atom. The summed E-state index contributed by atoms with van der Waals surface area (Å²) in [6, 6.07) is 16.2. The molecule has 6 nitrogen and oxygen atoms in total. The van der Waals surface area contributed by atoms with Crippen molar-refractivity contribution < 1.29 is 13.2 Å². The number of nitrogens with one attached hydrogen (secondary N) is 1. The van der Waals surface area contributed by atoms with Crippen molar-refractivity contribution in [1.82, 2.24) is 4.57 Å². The van der Waals surface area contributed by atoms with Crippen molar-refractivity contribution >= 4 is 54.8 Å². The number of hydrogen-bond acceptors (Lipinski definition) is 4. The van der Waals surface area contributed by atoms with Crippen LogP contribution in [0.5, 0.6) is 0 Å². The summed E-state index contributed by atoms with van der Waals surface area (Å²) in [4.78, 5) is 17.9. The van der Waals surface area contributed by atoms with Gasteiger partial charge in [-0.3, -0.25) is 9.52 Å². The molecular formula is C25H22ClN3O3S2. The highest BCUT2D eigenvalue weighted by molar-refractivity contribution is 7.92. The second-order valence-electron chi connectivity index (χ2n) is 7.77. The molecule has 0 saturated heterocycles. The van der Waals surface area contributed by atoms with E-state index >= 15 is 0 Å². The lowest BCUT2D eigenvalue weighted by molar-refractivity contribution is 0.0998. The number of aromatic nitrogens is 1. The summed E-state index contributed by atoms with van der Waals surface area (Å²) in [5, 5.41) is 0.448. The normalized spacial score (nSPS) is 12.1. The van der Waals surface area contributed by atoms with Gasteiger partial charge in [0.05, 0.1) is 15.1 Å². The number of thiazole rings is 1. The Bertz CT molecular complexity index is 1570. The molecule has 0 atom stereocenters. The van der Waals surface area contributed by atoms with Crippen LogP contribution in [0.4, 0.5) is 5.69 Å². The Balaban J connectivity index is 1.63. The zero-order valence-corrected chi connectivity index (χ0v) is 21.0. The van der Waals surface area contributed by atoms with Gasteiger partial charge in [0, 0.05) is 22.8 Å². The summed E-state index contributed by atoms with van der Waals surface area (Å²) in [7, 11) is -3.77. The van der Waals surface area contributed by atoms with E-state index in [1.807, 2.05) is 18.4 Å². The topological polar surface area (TPSA) is 80.5 Å². The van der Waals surface area contributed by atoms with Crippen LogP contribution in [0.2, 0.25) is 5.02 Å². The van der Waals surface area contributed by atoms with E-state index in [0.717, 1.165) is 21.3 Å². The third-order valence-corrected chi connectivity index (χ3v) is 8.01. The summed E-state index contributed by atoms with van der Waals surface area (Å²) < 4.78 is 30.7. The van der Waals surface area contributed by atoms with Crippen molar-refractivity contribution in [3.05, 3.63) is 99.8 Å². The summed E-state index contributed by atoms with van der Waals surface area (Å²) in [6.45, 7) is 8.43. The number of benzene rings is 3. The van der Waals surface area contributed by atoms with Crippen LogP contribution in [0.15, 0.2) is 83.2 Å². The van der Waals surface area contributed by atoms with Crippen molar-refractivity contribution in [3.63, 3.8) is 0 Å². The second kappa shape index (κ2) is 9.58. The van der Waals surface area contributed by atoms with Gasteiger partial charge in [-0.15, -0.1) is 6.58 Å². The lowest BCUT2D eigenvalue weighted by Crippen LogP contribution is -2.16. The summed E-state index contributed by atoms with van der Waals surface area (Å²) in [5.74, 6) is -0.411. The van der Waals surface area contributed by atoms with Crippen LogP contribution in [0, 0.1) is 13.8 Å². The zero-order chi connectivity index (χ0) is 24.5. The average molecular weight is 512 g/mol. The number of nitrogens with zero attached hydrogens (tertiary/aromatic N) is 2. The van der Waals surface area contributed by atoms with Crippen LogP contribution in [-0.4, -0.2) is 18.9 Å². The van der Waals surface area contributed by atoms with Crippen LogP contribution >= 0.6 is 22.9 Å². The van der Waals surface area contributed by atoms with Crippen LogP contribution in [0.3, 0.4) is 0 Å². The second-order valence-corrected chi connectivity index (χ2v) is 10.9. The van der Waals surface area contributed by atoms with Gasteiger partial charge in [0.25, 0.3) is 15.9 Å². The number of anilines is 1. The Morgan fingerprint density at radius 2 is 1.79 bits per heavy atom. The first kappa shape index (κ1) is 23.9. The maximum atomic E-state index is 12.9. The molecule has 1 aromatic heterocycles. The molecule has 34 heavy (non-hydrogen) atoms. The van der Waals surface area contributed by atoms with Gasteiger partial charge in [-0.05, 0) is 79.6 Å². The fourth-order valence-corrected chi connectivity index (χ4v) is 5.84. The van der Waals surface area contributed by atoms with Crippen LogP contribution in [0.25, 0.3) is 10.2 Å². The molecule has 0 aliphatic heterocycles. The van der Waals surface area contributed by atoms with Crippen molar-refractivity contribution in [2.75, 3.05) is 4.72 Å². The molecule has 1 heterocycles. The molecule has 0 aliphatic carbocycles. The van der Waals surface area contributed by atoms with E-state index in [1.165, 1.54) is 47.7 Å². The number of amides is 1. The van der Waals surface area contributed by atoms with Gasteiger partial charge in [-0.25, -0.2) is 8.42 Å². The summed E-state index contributed by atoms with van der Waals surface area (Å²) in [6.07, 6.45) is 1.77. The smallest absolute Gasteiger partial charge is 0.279 e. The molecule has 0 saturated carbocycles. The van der Waals surface area contributed by atoms with E-state index in [2.05, 4.69) is 28.4 Å². The van der Waals surface area contributed by atoms with Gasteiger partial charge in [-0.2, -0.15) is 4.99 Å². The summed E-state index contributed by atoms with van der Waals surface area (Å²) >= 11 is 7.29. The third kappa shape index (κ3) is 4.99. The van der Waals surface area contributed by atoms with Gasteiger partial charge in [0.15, 0.2) is 4.80 Å². The van der Waals surface area contributed by atoms with E-state index in [-0.39, 0.29) is 4.90 Å². The average Bonchev–Trinajstić information content (AvgIpc) is 3.12. The van der Waals surface area contributed by atoms with Crippen molar-refractivity contribution in [1.29, 1.82) is 0 Å². The third-order valence-electron chi connectivity index (χ3n) is 5.13. The first-order chi connectivity index (χ1) is 16.2. The molecule has 1 N–H and O–H groups in total. The molecule has 0 unspecified atom stereocenters. The maximum Gasteiger partial charge on any atom is 0.279 e. The fourth-order valence-electron chi connectivity index (χ4n) is 3.56. The predicted octanol–water partition coefficient (Wildman–Crippen LogP) is 5.70. The summed E-state index contributed by atoms with van der Waals surface area (Å²) in [5.41, 5.74) is 3.96. The quantitative estimate of drug-likeness (QED) is 0.337. The Hall–Kier alpha value is -3.20. The van der Waals surface area contributed by atoms with Gasteiger partial charge >= 0.3 is 0 Å². The van der Waals surface area contributed by atoms with E-state index < -0.39 is 15.9 Å². The first-order valence-corrected chi connectivity index (χ1v) is 13.0. The minimum absolute atomic E-state index is 0.0918. The number of rotatable bonds is 6. The highest BCUT2D eigenvalue weighted by atomic mass is 35.5. The number of aryl methyl sites for hydroxylation is 2. The highest BCUT2D eigenvalue weighted by Crippen LogP contribution is 2.24. The molecule has 1 amide bonds. The maximum absolute atomic E-state index is 12.9. The Labute approximate surface area is 206 Å². The molecule has 174 valence electrons. The molecule has 4 rings (SSSR count). The largest absolute Gasteiger partial charge is 0.312 e. The van der Waals surface area contributed by atoms with E-state index in [9.17, 15) is 13.2 Å². The number of sulfonamides is 1. The highest BCUT2D eigenvalue weighted by Gasteiger charge is 2.15. The standard InChI is InChI=1S/C25H22ClN3O3S2/c1-4-13-29-22-15-16(2)14-17(3)23(22)33-25(29)27-24(30)18-5-9-20(10-6-18)28-34(31,32)21-11-7-19(26)8-12-21/h4-12,14-15,28H,1,13H2,2-3H3. The number of carbonyl (C=O) groups is 1. The molecule has 0 spiro atoms. The minimum atomic E-state index is -3.77. The van der Waals surface area contributed by atoms with Crippen molar-refractivity contribution in [3.8, 4) is 0 Å². The van der Waals surface area contributed by atoms with Crippen LogP contribution in [0.1, 0.15) is 21.5 Å². The van der Waals surface area contributed by atoms with Gasteiger partial charge in [0.1, 0.15) is 0 Å². The molecule has 0 bridgehead atoms. The number of halogens is 1. The molecule has 0 aliphatic rings. The van der Waals surface area contributed by atoms with Crippen molar-refractivity contribution in [2.24, 2.45) is 4.99 Å². The number of fused-ring (bicyclic) bond motifs is 1.